The quantitative estimate of drug-likeness (QED) is 0.644. The van der Waals surface area contributed by atoms with Crippen LogP contribution in [0.3, 0.4) is 0 Å². The lowest BCUT2D eigenvalue weighted by molar-refractivity contribution is -0.151. The molecule has 0 fully saturated rings. The average Bonchev–Trinajstić information content (AvgIpc) is 2.16. The molecule has 92 valence electrons. The molecule has 2 atom stereocenters. The highest BCUT2D eigenvalue weighted by atomic mass is 16.5. The molecular formula is C11H25NO3. The van der Waals surface area contributed by atoms with E-state index in [1.165, 1.54) is 0 Å². The van der Waals surface area contributed by atoms with Crippen molar-refractivity contribution in [1.29, 1.82) is 0 Å². The van der Waals surface area contributed by atoms with Crippen LogP contribution in [0, 0.1) is 5.92 Å². The van der Waals surface area contributed by atoms with Gasteiger partial charge in [0, 0.05) is 0 Å². The molecule has 0 amide bonds. The Morgan fingerprint density at radius 1 is 1.40 bits per heavy atom. The second kappa shape index (κ2) is 9.93. The maximum atomic E-state index is 11.5. The van der Waals surface area contributed by atoms with Gasteiger partial charge in [0.2, 0.25) is 0 Å². The van der Waals surface area contributed by atoms with E-state index in [2.05, 4.69) is 6.92 Å². The Morgan fingerprint density at radius 2 is 2.00 bits per heavy atom. The number of esters is 1. The molecule has 0 aliphatic heterocycles. The fourth-order valence-corrected chi connectivity index (χ4v) is 1.26. The van der Waals surface area contributed by atoms with Crippen molar-refractivity contribution in [3.8, 4) is 0 Å². The molecule has 0 saturated carbocycles. The third-order valence-corrected chi connectivity index (χ3v) is 2.20. The van der Waals surface area contributed by atoms with Crippen LogP contribution in [0.15, 0.2) is 0 Å². The smallest absolute Gasteiger partial charge is 0.309 e. The zero-order valence-corrected chi connectivity index (χ0v) is 10.2. The van der Waals surface area contributed by atoms with Crippen LogP contribution in [-0.2, 0) is 9.53 Å². The number of hydrogen-bond acceptors (Lipinski definition) is 4. The summed E-state index contributed by atoms with van der Waals surface area (Å²) in [5, 5.41) is 8.95. The zero-order valence-electron chi connectivity index (χ0n) is 10.2. The van der Waals surface area contributed by atoms with Crippen LogP contribution in [0.4, 0.5) is 0 Å². The molecule has 0 heterocycles. The molecule has 2 unspecified atom stereocenters. The molecular weight excluding hydrogens is 194 g/mol. The Balaban J connectivity index is 0. The molecule has 0 spiro atoms. The van der Waals surface area contributed by atoms with Crippen molar-refractivity contribution in [2.24, 2.45) is 5.92 Å². The van der Waals surface area contributed by atoms with Crippen LogP contribution in [0.1, 0.15) is 46.5 Å². The normalized spacial score (nSPS) is 13.9. The van der Waals surface area contributed by atoms with Crippen LogP contribution in [0.2, 0.25) is 0 Å². The van der Waals surface area contributed by atoms with Gasteiger partial charge in [0.25, 0.3) is 0 Å². The van der Waals surface area contributed by atoms with Crippen LogP contribution in [0.5, 0.6) is 0 Å². The van der Waals surface area contributed by atoms with E-state index >= 15 is 0 Å². The molecule has 0 aromatic rings. The minimum atomic E-state index is -0.567. The lowest BCUT2D eigenvalue weighted by atomic mass is 10.00. The van der Waals surface area contributed by atoms with Crippen molar-refractivity contribution in [3.05, 3.63) is 0 Å². The summed E-state index contributed by atoms with van der Waals surface area (Å²) < 4.78 is 4.96. The standard InChI is InChI=1S/C11H22O3.H3N/c1-4-6-7-10(5-2)11(13)14-8-9(3)12;/h9-10,12H,4-8H2,1-3H3;1H3. The van der Waals surface area contributed by atoms with Crippen molar-refractivity contribution < 1.29 is 14.6 Å². The van der Waals surface area contributed by atoms with Gasteiger partial charge in [-0.05, 0) is 19.8 Å². The highest BCUT2D eigenvalue weighted by Gasteiger charge is 2.17. The average molecular weight is 219 g/mol. The van der Waals surface area contributed by atoms with Gasteiger partial charge < -0.3 is 16.0 Å². The molecule has 4 heteroatoms. The van der Waals surface area contributed by atoms with Crippen LogP contribution in [0.25, 0.3) is 0 Å². The summed E-state index contributed by atoms with van der Waals surface area (Å²) in [4.78, 5) is 11.5. The van der Waals surface area contributed by atoms with Gasteiger partial charge in [-0.2, -0.15) is 0 Å². The Hall–Kier alpha value is -0.610. The molecule has 0 saturated heterocycles. The number of hydrogen-bond donors (Lipinski definition) is 2. The number of aliphatic hydroxyl groups excluding tert-OH is 1. The fraction of sp³-hybridized carbons (Fsp3) is 0.909. The second-order valence-corrected chi connectivity index (χ2v) is 3.73. The van der Waals surface area contributed by atoms with Crippen molar-refractivity contribution in [2.45, 2.75) is 52.6 Å². The molecule has 0 rings (SSSR count). The van der Waals surface area contributed by atoms with Crippen molar-refractivity contribution in [2.75, 3.05) is 6.61 Å². The summed E-state index contributed by atoms with van der Waals surface area (Å²) in [7, 11) is 0. The Labute approximate surface area is 92.6 Å². The first-order valence-corrected chi connectivity index (χ1v) is 5.46. The van der Waals surface area contributed by atoms with E-state index < -0.39 is 6.10 Å². The molecule has 0 aliphatic carbocycles. The van der Waals surface area contributed by atoms with Crippen molar-refractivity contribution >= 4 is 5.97 Å². The monoisotopic (exact) mass is 219 g/mol. The highest BCUT2D eigenvalue weighted by molar-refractivity contribution is 5.72. The van der Waals surface area contributed by atoms with Crippen LogP contribution in [-0.4, -0.2) is 23.8 Å². The SMILES string of the molecule is CCCCC(CC)C(=O)OCC(C)O.N. The number of unbranched alkanes of at least 4 members (excludes halogenated alkanes) is 1. The molecule has 4 N–H and O–H groups in total. The summed E-state index contributed by atoms with van der Waals surface area (Å²) >= 11 is 0. The van der Waals surface area contributed by atoms with Crippen molar-refractivity contribution in [1.82, 2.24) is 6.15 Å². The topological polar surface area (TPSA) is 81.5 Å². The minimum Gasteiger partial charge on any atom is -0.463 e. The predicted molar refractivity (Wildman–Crippen MR) is 61.0 cm³/mol. The van der Waals surface area contributed by atoms with E-state index in [1.807, 2.05) is 6.92 Å². The predicted octanol–water partition coefficient (Wildman–Crippen LogP) is 2.29. The minimum absolute atomic E-state index is 0. The molecule has 0 aromatic carbocycles. The van der Waals surface area contributed by atoms with Gasteiger partial charge in [0.05, 0.1) is 12.0 Å². The van der Waals surface area contributed by atoms with E-state index in [1.54, 1.807) is 6.92 Å². The first-order chi connectivity index (χ1) is 6.61. The van der Waals surface area contributed by atoms with Gasteiger partial charge in [0.1, 0.15) is 6.61 Å². The maximum Gasteiger partial charge on any atom is 0.309 e. The maximum absolute atomic E-state index is 11.5. The Kier molecular flexibility index (Phi) is 11.1. The van der Waals surface area contributed by atoms with Gasteiger partial charge in [-0.15, -0.1) is 0 Å². The zero-order chi connectivity index (χ0) is 11.0. The number of ether oxygens (including phenoxy) is 1. The number of carbonyl (C=O) groups excluding carboxylic acids is 1. The van der Waals surface area contributed by atoms with Gasteiger partial charge in [-0.3, -0.25) is 4.79 Å². The van der Waals surface area contributed by atoms with Gasteiger partial charge in [-0.1, -0.05) is 26.7 Å². The lowest BCUT2D eigenvalue weighted by Gasteiger charge is -2.14. The van der Waals surface area contributed by atoms with Crippen LogP contribution < -0.4 is 6.15 Å². The van der Waals surface area contributed by atoms with E-state index in [0.29, 0.717) is 0 Å². The van der Waals surface area contributed by atoms with E-state index in [4.69, 9.17) is 9.84 Å². The van der Waals surface area contributed by atoms with Gasteiger partial charge >= 0.3 is 5.97 Å². The Morgan fingerprint density at radius 3 is 2.40 bits per heavy atom. The molecule has 4 nitrogen and oxygen atoms in total. The number of rotatable bonds is 7. The highest BCUT2D eigenvalue weighted by Crippen LogP contribution is 2.14. The first kappa shape index (κ1) is 16.8. The molecule has 0 radical (unpaired) electrons. The summed E-state index contributed by atoms with van der Waals surface area (Å²) in [5.41, 5.74) is 0. The summed E-state index contributed by atoms with van der Waals surface area (Å²) in [5.74, 6) is -0.157. The first-order valence-electron chi connectivity index (χ1n) is 5.46. The largest absolute Gasteiger partial charge is 0.463 e. The van der Waals surface area contributed by atoms with E-state index in [-0.39, 0.29) is 24.6 Å². The van der Waals surface area contributed by atoms with Crippen molar-refractivity contribution in [3.63, 3.8) is 0 Å². The third kappa shape index (κ3) is 8.39. The Bertz CT molecular complexity index is 160. The van der Waals surface area contributed by atoms with E-state index in [9.17, 15) is 4.79 Å². The molecule has 15 heavy (non-hydrogen) atoms. The van der Waals surface area contributed by atoms with E-state index in [0.717, 1.165) is 25.7 Å². The third-order valence-electron chi connectivity index (χ3n) is 2.20. The molecule has 0 bridgehead atoms. The summed E-state index contributed by atoms with van der Waals surface area (Å²) in [6.07, 6.45) is 3.30. The van der Waals surface area contributed by atoms with Gasteiger partial charge in [-0.25, -0.2) is 0 Å². The summed E-state index contributed by atoms with van der Waals surface area (Å²) in [6, 6.07) is 0. The molecule has 0 aliphatic rings. The molecule has 0 aromatic heterocycles. The second-order valence-electron chi connectivity index (χ2n) is 3.73. The number of carbonyl (C=O) groups is 1. The number of aliphatic hydroxyl groups is 1. The van der Waals surface area contributed by atoms with Crippen LogP contribution >= 0.6 is 0 Å². The lowest BCUT2D eigenvalue weighted by Crippen LogP contribution is -2.21. The summed E-state index contributed by atoms with van der Waals surface area (Å²) in [6.45, 7) is 5.82. The fourth-order valence-electron chi connectivity index (χ4n) is 1.26. The van der Waals surface area contributed by atoms with Gasteiger partial charge in [0.15, 0.2) is 0 Å².